The van der Waals surface area contributed by atoms with Crippen LogP contribution < -0.4 is 10.6 Å². The Balaban J connectivity index is 0.00000324. The predicted molar refractivity (Wildman–Crippen MR) is 92.4 cm³/mol. The van der Waals surface area contributed by atoms with Crippen molar-refractivity contribution < 1.29 is 4.74 Å². The van der Waals surface area contributed by atoms with Gasteiger partial charge in [0.25, 0.3) is 0 Å². The molecular weight excluding hydrogens is 353 g/mol. The van der Waals surface area contributed by atoms with E-state index in [1.807, 2.05) is 7.05 Å². The van der Waals surface area contributed by atoms with Crippen LogP contribution in [0.15, 0.2) is 4.99 Å². The lowest BCUT2D eigenvalue weighted by molar-refractivity contribution is 0.0268. The number of aliphatic imine (C=N–C) groups is 1. The predicted octanol–water partition coefficient (Wildman–Crippen LogP) is 2.77. The monoisotopic (exact) mass is 383 g/mol. The Labute approximate surface area is 135 Å². The van der Waals surface area contributed by atoms with E-state index < -0.39 is 0 Å². The molecule has 0 aromatic rings. The number of hydrogen-bond donors (Lipinski definition) is 2. The molecule has 1 aliphatic rings. The highest BCUT2D eigenvalue weighted by molar-refractivity contribution is 14.0. The highest BCUT2D eigenvalue weighted by Crippen LogP contribution is 2.36. The molecule has 0 unspecified atom stereocenters. The van der Waals surface area contributed by atoms with Crippen molar-refractivity contribution in [2.75, 3.05) is 27.2 Å². The number of hydrogen-bond acceptors (Lipinski definition) is 2. The minimum Gasteiger partial charge on any atom is -0.377 e. The molecule has 5 heteroatoms. The number of rotatable bonds is 5. The van der Waals surface area contributed by atoms with Crippen molar-refractivity contribution in [2.24, 2.45) is 10.4 Å². The van der Waals surface area contributed by atoms with Gasteiger partial charge in [-0.15, -0.1) is 24.0 Å². The van der Waals surface area contributed by atoms with Crippen LogP contribution in [0.1, 0.15) is 46.5 Å². The number of methoxy groups -OCH3 is 1. The average Bonchev–Trinajstić information content (AvgIpc) is 2.77. The molecule has 19 heavy (non-hydrogen) atoms. The highest BCUT2D eigenvalue weighted by Gasteiger charge is 2.28. The van der Waals surface area contributed by atoms with Crippen molar-refractivity contribution in [1.29, 1.82) is 0 Å². The lowest BCUT2D eigenvalue weighted by Crippen LogP contribution is -2.47. The van der Waals surface area contributed by atoms with Crippen molar-refractivity contribution in [3.8, 4) is 0 Å². The zero-order chi connectivity index (χ0) is 13.6. The van der Waals surface area contributed by atoms with Gasteiger partial charge in [0, 0.05) is 27.2 Å². The lowest BCUT2D eigenvalue weighted by atomic mass is 9.89. The van der Waals surface area contributed by atoms with Crippen molar-refractivity contribution in [1.82, 2.24) is 10.6 Å². The van der Waals surface area contributed by atoms with Gasteiger partial charge in [-0.1, -0.05) is 19.8 Å². The van der Waals surface area contributed by atoms with Gasteiger partial charge in [0.1, 0.15) is 0 Å². The van der Waals surface area contributed by atoms with Gasteiger partial charge in [0.2, 0.25) is 0 Å². The molecule has 4 nitrogen and oxygen atoms in total. The summed E-state index contributed by atoms with van der Waals surface area (Å²) in [7, 11) is 3.55. The Kier molecular flexibility index (Phi) is 8.27. The Hall–Kier alpha value is -0.0400. The van der Waals surface area contributed by atoms with Crippen LogP contribution in [0.4, 0.5) is 0 Å². The Morgan fingerprint density at radius 3 is 2.32 bits per heavy atom. The molecule has 114 valence electrons. The second-order valence-corrected chi connectivity index (χ2v) is 6.26. The van der Waals surface area contributed by atoms with E-state index in [1.54, 1.807) is 7.11 Å². The van der Waals surface area contributed by atoms with E-state index in [4.69, 9.17) is 4.74 Å². The van der Waals surface area contributed by atoms with Gasteiger partial charge in [-0.25, -0.2) is 0 Å². The summed E-state index contributed by atoms with van der Waals surface area (Å²) in [5.74, 6) is 0.869. The lowest BCUT2D eigenvalue weighted by Gasteiger charge is -2.27. The molecular formula is C14H30IN3O. The molecule has 0 aromatic heterocycles. The summed E-state index contributed by atoms with van der Waals surface area (Å²) >= 11 is 0. The molecule has 0 radical (unpaired) electrons. The third-order valence-corrected chi connectivity index (χ3v) is 3.95. The molecule has 1 fully saturated rings. The van der Waals surface area contributed by atoms with Gasteiger partial charge in [0.15, 0.2) is 5.96 Å². The largest absolute Gasteiger partial charge is 0.377 e. The zero-order valence-electron chi connectivity index (χ0n) is 13.0. The fourth-order valence-corrected chi connectivity index (χ4v) is 2.29. The molecule has 1 saturated carbocycles. The number of ether oxygens (including phenoxy) is 1. The maximum absolute atomic E-state index is 5.39. The molecule has 0 saturated heterocycles. The zero-order valence-corrected chi connectivity index (χ0v) is 15.3. The maximum atomic E-state index is 5.39. The van der Waals surface area contributed by atoms with Crippen LogP contribution in [0.25, 0.3) is 0 Å². The van der Waals surface area contributed by atoms with Crippen LogP contribution in [-0.2, 0) is 4.74 Å². The summed E-state index contributed by atoms with van der Waals surface area (Å²) < 4.78 is 5.39. The average molecular weight is 383 g/mol. The molecule has 2 N–H and O–H groups in total. The third-order valence-electron chi connectivity index (χ3n) is 3.95. The molecule has 1 aliphatic carbocycles. The highest BCUT2D eigenvalue weighted by atomic mass is 127. The van der Waals surface area contributed by atoms with Gasteiger partial charge in [0.05, 0.1) is 5.60 Å². The first-order chi connectivity index (χ1) is 8.41. The molecule has 0 spiro atoms. The van der Waals surface area contributed by atoms with E-state index in [2.05, 4.69) is 36.4 Å². The molecule has 0 aromatic carbocycles. The molecule has 0 amide bonds. The van der Waals surface area contributed by atoms with E-state index >= 15 is 0 Å². The summed E-state index contributed by atoms with van der Waals surface area (Å²) in [6.07, 6.45) is 5.36. The van der Waals surface area contributed by atoms with Crippen LogP contribution in [0.3, 0.4) is 0 Å². The Morgan fingerprint density at radius 1 is 1.26 bits per heavy atom. The molecule has 1 rings (SSSR count). The standard InChI is InChI=1S/C14H29N3O.HI/c1-13(2,18-5)10-16-12(15-4)17-11-14(3)8-6-7-9-14;/h6-11H2,1-5H3,(H2,15,16,17);1H. The van der Waals surface area contributed by atoms with Gasteiger partial charge >= 0.3 is 0 Å². The van der Waals surface area contributed by atoms with Gasteiger partial charge in [-0.05, 0) is 32.1 Å². The number of nitrogens with one attached hydrogen (secondary N) is 2. The summed E-state index contributed by atoms with van der Waals surface area (Å²) in [6.45, 7) is 8.23. The van der Waals surface area contributed by atoms with Crippen LogP contribution >= 0.6 is 24.0 Å². The summed E-state index contributed by atoms with van der Waals surface area (Å²) in [6, 6.07) is 0. The van der Waals surface area contributed by atoms with E-state index in [1.165, 1.54) is 25.7 Å². The smallest absolute Gasteiger partial charge is 0.191 e. The third kappa shape index (κ3) is 6.79. The second kappa shape index (κ2) is 8.29. The van der Waals surface area contributed by atoms with E-state index in [0.29, 0.717) is 5.41 Å². The molecule has 0 bridgehead atoms. The number of guanidine groups is 1. The van der Waals surface area contributed by atoms with Crippen molar-refractivity contribution in [2.45, 2.75) is 52.1 Å². The summed E-state index contributed by atoms with van der Waals surface area (Å²) in [5.41, 5.74) is 0.267. The first kappa shape index (κ1) is 19.0. The van der Waals surface area contributed by atoms with Crippen LogP contribution in [0, 0.1) is 5.41 Å². The Morgan fingerprint density at radius 2 is 1.84 bits per heavy atom. The SMILES string of the molecule is CN=C(NCC1(C)CCCC1)NCC(C)(C)OC.I. The van der Waals surface area contributed by atoms with Crippen molar-refractivity contribution in [3.05, 3.63) is 0 Å². The maximum Gasteiger partial charge on any atom is 0.191 e. The fourth-order valence-electron chi connectivity index (χ4n) is 2.29. The van der Waals surface area contributed by atoms with E-state index in [-0.39, 0.29) is 29.6 Å². The van der Waals surface area contributed by atoms with E-state index in [0.717, 1.165) is 19.0 Å². The quantitative estimate of drug-likeness (QED) is 0.436. The number of nitrogens with zero attached hydrogens (tertiary/aromatic N) is 1. The molecule has 0 atom stereocenters. The van der Waals surface area contributed by atoms with E-state index in [9.17, 15) is 0 Å². The van der Waals surface area contributed by atoms with Crippen LogP contribution in [0.2, 0.25) is 0 Å². The topological polar surface area (TPSA) is 45.7 Å². The van der Waals surface area contributed by atoms with Crippen molar-refractivity contribution >= 4 is 29.9 Å². The number of halogens is 1. The first-order valence-corrected chi connectivity index (χ1v) is 6.90. The Bertz CT molecular complexity index is 286. The molecule has 0 heterocycles. The van der Waals surface area contributed by atoms with Crippen LogP contribution in [0.5, 0.6) is 0 Å². The summed E-state index contributed by atoms with van der Waals surface area (Å²) in [5, 5.41) is 6.75. The normalized spacial score (nSPS) is 18.9. The van der Waals surface area contributed by atoms with Crippen molar-refractivity contribution in [3.63, 3.8) is 0 Å². The van der Waals surface area contributed by atoms with Gasteiger partial charge in [-0.3, -0.25) is 4.99 Å². The summed E-state index contributed by atoms with van der Waals surface area (Å²) in [4.78, 5) is 4.26. The fraction of sp³-hybridized carbons (Fsp3) is 0.929. The minimum atomic E-state index is -0.172. The second-order valence-electron chi connectivity index (χ2n) is 6.26. The molecule has 0 aliphatic heterocycles. The minimum absolute atomic E-state index is 0. The van der Waals surface area contributed by atoms with Gasteiger partial charge < -0.3 is 15.4 Å². The van der Waals surface area contributed by atoms with Crippen LogP contribution in [-0.4, -0.2) is 38.8 Å². The first-order valence-electron chi connectivity index (χ1n) is 6.90. The van der Waals surface area contributed by atoms with Gasteiger partial charge in [-0.2, -0.15) is 0 Å².